The Bertz CT molecular complexity index is 774. The molecule has 0 aliphatic heterocycles. The fourth-order valence-electron chi connectivity index (χ4n) is 2.36. The van der Waals surface area contributed by atoms with E-state index in [1.165, 1.54) is 16.7 Å². The molecule has 0 unspecified atom stereocenters. The second kappa shape index (κ2) is 6.27. The van der Waals surface area contributed by atoms with Crippen molar-refractivity contribution < 1.29 is 4.79 Å². The van der Waals surface area contributed by atoms with Crippen molar-refractivity contribution in [3.05, 3.63) is 83.9 Å². The Balaban J connectivity index is 1.82. The maximum absolute atomic E-state index is 11.0. The number of nitrogens with one attached hydrogen (secondary N) is 1. The fourth-order valence-corrected chi connectivity index (χ4v) is 2.36. The molecule has 3 aromatic carbocycles. The average molecular weight is 287 g/mol. The lowest BCUT2D eigenvalue weighted by Gasteiger charge is -2.09. The van der Waals surface area contributed by atoms with Crippen LogP contribution in [0, 0.1) is 6.92 Å². The minimum atomic E-state index is 0.658. The van der Waals surface area contributed by atoms with Crippen molar-refractivity contribution in [3.63, 3.8) is 0 Å². The first-order valence-corrected chi connectivity index (χ1v) is 7.24. The molecule has 1 N–H and O–H groups in total. The van der Waals surface area contributed by atoms with Crippen LogP contribution < -0.4 is 5.32 Å². The van der Waals surface area contributed by atoms with Crippen LogP contribution in [0.15, 0.2) is 72.8 Å². The number of hydrogen-bond acceptors (Lipinski definition) is 2. The van der Waals surface area contributed by atoms with Crippen molar-refractivity contribution >= 4 is 17.7 Å². The molecule has 0 saturated carbocycles. The number of carbonyl (C=O) groups is 1. The van der Waals surface area contributed by atoms with E-state index in [0.29, 0.717) is 5.56 Å². The van der Waals surface area contributed by atoms with E-state index in [2.05, 4.69) is 48.6 Å². The largest absolute Gasteiger partial charge is 0.355 e. The molecule has 0 aliphatic carbocycles. The SMILES string of the molecule is Cc1ccc(-c2ccc(Nc3ccccc3C=O)cc2)cc1. The Labute approximate surface area is 130 Å². The van der Waals surface area contributed by atoms with Crippen LogP contribution in [0.3, 0.4) is 0 Å². The summed E-state index contributed by atoms with van der Waals surface area (Å²) in [6.45, 7) is 2.08. The van der Waals surface area contributed by atoms with Crippen LogP contribution in [0.2, 0.25) is 0 Å². The van der Waals surface area contributed by atoms with Crippen LogP contribution >= 0.6 is 0 Å². The zero-order chi connectivity index (χ0) is 15.4. The predicted octanol–water partition coefficient (Wildman–Crippen LogP) is 5.22. The third kappa shape index (κ3) is 3.07. The molecule has 0 aromatic heterocycles. The quantitative estimate of drug-likeness (QED) is 0.667. The smallest absolute Gasteiger partial charge is 0.152 e. The van der Waals surface area contributed by atoms with Crippen molar-refractivity contribution in [2.24, 2.45) is 0 Å². The summed E-state index contributed by atoms with van der Waals surface area (Å²) in [5, 5.41) is 3.28. The summed E-state index contributed by atoms with van der Waals surface area (Å²) in [6, 6.07) is 24.2. The average Bonchev–Trinajstić information content (AvgIpc) is 2.57. The minimum absolute atomic E-state index is 0.658. The molecule has 2 heteroatoms. The van der Waals surface area contributed by atoms with Gasteiger partial charge in [-0.2, -0.15) is 0 Å². The first kappa shape index (κ1) is 14.1. The van der Waals surface area contributed by atoms with Crippen molar-refractivity contribution in [2.75, 3.05) is 5.32 Å². The number of para-hydroxylation sites is 1. The van der Waals surface area contributed by atoms with Gasteiger partial charge in [0.05, 0.1) is 0 Å². The van der Waals surface area contributed by atoms with E-state index in [1.54, 1.807) is 6.07 Å². The van der Waals surface area contributed by atoms with Gasteiger partial charge in [0.2, 0.25) is 0 Å². The fraction of sp³-hybridized carbons (Fsp3) is 0.0500. The molecule has 0 fully saturated rings. The van der Waals surface area contributed by atoms with Gasteiger partial charge in [0.15, 0.2) is 6.29 Å². The zero-order valence-electron chi connectivity index (χ0n) is 12.4. The molecule has 0 bridgehead atoms. The molecule has 0 atom stereocenters. The van der Waals surface area contributed by atoms with Gasteiger partial charge >= 0.3 is 0 Å². The summed E-state index contributed by atoms with van der Waals surface area (Å²) < 4.78 is 0. The summed E-state index contributed by atoms with van der Waals surface area (Å²) in [5.74, 6) is 0. The van der Waals surface area contributed by atoms with Gasteiger partial charge in [0.25, 0.3) is 0 Å². The van der Waals surface area contributed by atoms with E-state index in [9.17, 15) is 4.79 Å². The molecule has 22 heavy (non-hydrogen) atoms. The van der Waals surface area contributed by atoms with Crippen molar-refractivity contribution in [1.82, 2.24) is 0 Å². The van der Waals surface area contributed by atoms with Gasteiger partial charge in [-0.05, 0) is 42.3 Å². The summed E-state index contributed by atoms with van der Waals surface area (Å²) in [6.07, 6.45) is 0.864. The van der Waals surface area contributed by atoms with E-state index >= 15 is 0 Å². The predicted molar refractivity (Wildman–Crippen MR) is 91.7 cm³/mol. The van der Waals surface area contributed by atoms with E-state index in [4.69, 9.17) is 0 Å². The highest BCUT2D eigenvalue weighted by Gasteiger charge is 2.02. The van der Waals surface area contributed by atoms with E-state index in [1.807, 2.05) is 30.3 Å². The van der Waals surface area contributed by atoms with Gasteiger partial charge < -0.3 is 5.32 Å². The van der Waals surface area contributed by atoms with Crippen LogP contribution in [-0.2, 0) is 0 Å². The van der Waals surface area contributed by atoms with Crippen LogP contribution in [0.5, 0.6) is 0 Å². The third-order valence-electron chi connectivity index (χ3n) is 3.64. The summed E-state index contributed by atoms with van der Waals surface area (Å²) in [7, 11) is 0. The molecule has 108 valence electrons. The normalized spacial score (nSPS) is 10.2. The van der Waals surface area contributed by atoms with E-state index in [0.717, 1.165) is 17.7 Å². The first-order chi connectivity index (χ1) is 10.8. The first-order valence-electron chi connectivity index (χ1n) is 7.24. The molecule has 0 amide bonds. The van der Waals surface area contributed by atoms with Crippen LogP contribution in [0.25, 0.3) is 11.1 Å². The number of aldehydes is 1. The molecule has 3 rings (SSSR count). The lowest BCUT2D eigenvalue weighted by atomic mass is 10.0. The molecule has 0 heterocycles. The molecule has 0 aliphatic rings. The summed E-state index contributed by atoms with van der Waals surface area (Å²) in [5.41, 5.74) is 6.07. The number of hydrogen-bond donors (Lipinski definition) is 1. The van der Waals surface area contributed by atoms with Gasteiger partial charge in [-0.1, -0.05) is 54.1 Å². The molecule has 0 radical (unpaired) electrons. The second-order valence-corrected chi connectivity index (χ2v) is 5.27. The van der Waals surface area contributed by atoms with Crippen LogP contribution in [0.1, 0.15) is 15.9 Å². The summed E-state index contributed by atoms with van der Waals surface area (Å²) in [4.78, 5) is 11.0. The Morgan fingerprint density at radius 1 is 0.773 bits per heavy atom. The Kier molecular flexibility index (Phi) is 4.01. The molecular formula is C20H17NO. The number of anilines is 2. The maximum Gasteiger partial charge on any atom is 0.152 e. The Morgan fingerprint density at radius 2 is 1.36 bits per heavy atom. The third-order valence-corrected chi connectivity index (χ3v) is 3.64. The molecule has 0 saturated heterocycles. The van der Waals surface area contributed by atoms with Gasteiger partial charge in [0.1, 0.15) is 0 Å². The van der Waals surface area contributed by atoms with Gasteiger partial charge in [-0.25, -0.2) is 0 Å². The lowest BCUT2D eigenvalue weighted by molar-refractivity contribution is 0.112. The molecular weight excluding hydrogens is 270 g/mol. The maximum atomic E-state index is 11.0. The van der Waals surface area contributed by atoms with E-state index in [-0.39, 0.29) is 0 Å². The number of aryl methyl sites for hydroxylation is 1. The molecule has 3 aromatic rings. The van der Waals surface area contributed by atoms with Crippen molar-refractivity contribution in [3.8, 4) is 11.1 Å². The van der Waals surface area contributed by atoms with Gasteiger partial charge in [-0.3, -0.25) is 4.79 Å². The molecule has 0 spiro atoms. The minimum Gasteiger partial charge on any atom is -0.355 e. The highest BCUT2D eigenvalue weighted by Crippen LogP contribution is 2.24. The highest BCUT2D eigenvalue weighted by atomic mass is 16.1. The highest BCUT2D eigenvalue weighted by molar-refractivity contribution is 5.86. The number of rotatable bonds is 4. The Hall–Kier alpha value is -2.87. The Morgan fingerprint density at radius 3 is 2.00 bits per heavy atom. The topological polar surface area (TPSA) is 29.1 Å². The number of benzene rings is 3. The lowest BCUT2D eigenvalue weighted by Crippen LogP contribution is -1.94. The summed E-state index contributed by atoms with van der Waals surface area (Å²) >= 11 is 0. The standard InChI is InChI=1S/C20H17NO/c1-15-6-8-16(9-7-15)17-10-12-19(13-11-17)21-20-5-3-2-4-18(20)14-22/h2-14,21H,1H3. The monoisotopic (exact) mass is 287 g/mol. The molecule has 2 nitrogen and oxygen atoms in total. The van der Waals surface area contributed by atoms with E-state index < -0.39 is 0 Å². The van der Waals surface area contributed by atoms with Gasteiger partial charge in [0, 0.05) is 16.9 Å². The van der Waals surface area contributed by atoms with Crippen molar-refractivity contribution in [1.29, 1.82) is 0 Å². The van der Waals surface area contributed by atoms with Gasteiger partial charge in [-0.15, -0.1) is 0 Å². The van der Waals surface area contributed by atoms with Crippen LogP contribution in [0.4, 0.5) is 11.4 Å². The number of carbonyl (C=O) groups excluding carboxylic acids is 1. The zero-order valence-corrected chi connectivity index (χ0v) is 12.4. The van der Waals surface area contributed by atoms with Crippen LogP contribution in [-0.4, -0.2) is 6.29 Å². The van der Waals surface area contributed by atoms with Crippen molar-refractivity contribution in [2.45, 2.75) is 6.92 Å². The second-order valence-electron chi connectivity index (χ2n) is 5.27.